The van der Waals surface area contributed by atoms with Crippen molar-refractivity contribution < 1.29 is 14.3 Å². The first kappa shape index (κ1) is 23.5. The highest BCUT2D eigenvalue weighted by Gasteiger charge is 2.31. The van der Waals surface area contributed by atoms with Crippen molar-refractivity contribution in [3.05, 3.63) is 30.6 Å². The van der Waals surface area contributed by atoms with Gasteiger partial charge in [0.25, 0.3) is 0 Å². The molecule has 1 fully saturated rings. The summed E-state index contributed by atoms with van der Waals surface area (Å²) in [5.74, 6) is 1.77. The van der Waals surface area contributed by atoms with Crippen LogP contribution in [0.1, 0.15) is 40.5 Å². The van der Waals surface area contributed by atoms with Gasteiger partial charge in [-0.15, -0.1) is 0 Å². The van der Waals surface area contributed by atoms with Crippen LogP contribution in [0.15, 0.2) is 40.5 Å². The molecule has 178 valence electrons. The van der Waals surface area contributed by atoms with Crippen LogP contribution in [0.3, 0.4) is 0 Å². The van der Waals surface area contributed by atoms with Crippen LogP contribution >= 0.6 is 11.8 Å². The minimum Gasteiger partial charge on any atom is -0.488 e. The number of hydrogen-bond acceptors (Lipinski definition) is 8. The zero-order chi connectivity index (χ0) is 23.5. The quantitative estimate of drug-likeness (QED) is 0.656. The summed E-state index contributed by atoms with van der Waals surface area (Å²) < 4.78 is 11.2. The SMILES string of the molecule is CC1(CNC(=O)OC(C)(C)C)CCN(c2cnc(Sc3cccc4c3OCCN4)cn2)CC1. The van der Waals surface area contributed by atoms with Gasteiger partial charge in [-0.05, 0) is 51.2 Å². The van der Waals surface area contributed by atoms with Gasteiger partial charge < -0.3 is 25.0 Å². The molecule has 1 aromatic carbocycles. The summed E-state index contributed by atoms with van der Waals surface area (Å²) in [5.41, 5.74) is 0.575. The average Bonchev–Trinajstić information content (AvgIpc) is 2.78. The van der Waals surface area contributed by atoms with Crippen molar-refractivity contribution in [3.8, 4) is 5.75 Å². The standard InChI is InChI=1S/C24H33N5O3S/c1-23(2,3)32-22(30)28-16-24(4)8-11-29(12-9-24)19-14-27-20(15-26-19)33-18-7-5-6-17-21(18)31-13-10-25-17/h5-7,14-15,25H,8-13,16H2,1-4H3,(H,28,30). The Morgan fingerprint density at radius 1 is 1.27 bits per heavy atom. The number of nitrogens with one attached hydrogen (secondary N) is 2. The first-order valence-corrected chi connectivity index (χ1v) is 12.2. The Bertz CT molecular complexity index is 969. The molecule has 0 unspecified atom stereocenters. The fourth-order valence-corrected chi connectivity index (χ4v) is 4.76. The van der Waals surface area contributed by atoms with E-state index >= 15 is 0 Å². The first-order valence-electron chi connectivity index (χ1n) is 11.4. The fourth-order valence-electron chi connectivity index (χ4n) is 3.91. The lowest BCUT2D eigenvalue weighted by atomic mass is 9.80. The van der Waals surface area contributed by atoms with Gasteiger partial charge in [0.15, 0.2) is 5.75 Å². The molecule has 0 aliphatic carbocycles. The Morgan fingerprint density at radius 2 is 2.06 bits per heavy atom. The second kappa shape index (κ2) is 9.67. The van der Waals surface area contributed by atoms with Gasteiger partial charge in [0.2, 0.25) is 0 Å². The zero-order valence-electron chi connectivity index (χ0n) is 19.8. The van der Waals surface area contributed by atoms with Crippen molar-refractivity contribution in [2.75, 3.05) is 43.0 Å². The van der Waals surface area contributed by atoms with Crippen LogP contribution in [0.2, 0.25) is 0 Å². The minimum absolute atomic E-state index is 0.0388. The molecule has 33 heavy (non-hydrogen) atoms. The largest absolute Gasteiger partial charge is 0.488 e. The van der Waals surface area contributed by atoms with Gasteiger partial charge in [-0.1, -0.05) is 24.8 Å². The number of piperidine rings is 1. The number of rotatable bonds is 5. The molecular formula is C24H33N5O3S. The summed E-state index contributed by atoms with van der Waals surface area (Å²) in [5, 5.41) is 7.13. The molecule has 2 aromatic rings. The van der Waals surface area contributed by atoms with E-state index in [2.05, 4.69) is 32.4 Å². The van der Waals surface area contributed by atoms with Crippen LogP contribution in [0.4, 0.5) is 16.3 Å². The molecule has 1 aromatic heterocycles. The molecule has 8 nitrogen and oxygen atoms in total. The molecule has 1 amide bonds. The Hall–Kier alpha value is -2.68. The van der Waals surface area contributed by atoms with Crippen molar-refractivity contribution in [2.45, 2.75) is 56.1 Å². The Morgan fingerprint density at radius 3 is 2.76 bits per heavy atom. The number of nitrogens with zero attached hydrogens (tertiary/aromatic N) is 3. The number of benzene rings is 1. The van der Waals surface area contributed by atoms with Gasteiger partial charge in [0, 0.05) is 26.2 Å². The van der Waals surface area contributed by atoms with E-state index in [4.69, 9.17) is 9.47 Å². The number of amides is 1. The van der Waals surface area contributed by atoms with Crippen LogP contribution in [0.5, 0.6) is 5.75 Å². The maximum atomic E-state index is 12.0. The second-order valence-electron chi connectivity index (χ2n) is 9.88. The molecule has 1 saturated heterocycles. The number of aromatic nitrogens is 2. The van der Waals surface area contributed by atoms with E-state index in [1.165, 1.54) is 0 Å². The van der Waals surface area contributed by atoms with E-state index in [-0.39, 0.29) is 11.5 Å². The molecule has 0 atom stereocenters. The van der Waals surface area contributed by atoms with Gasteiger partial charge in [-0.2, -0.15) is 0 Å². The molecule has 0 saturated carbocycles. The molecule has 2 aliphatic heterocycles. The number of ether oxygens (including phenoxy) is 2. The number of hydrogen-bond donors (Lipinski definition) is 2. The Labute approximate surface area is 199 Å². The third-order valence-electron chi connectivity index (χ3n) is 5.82. The smallest absolute Gasteiger partial charge is 0.407 e. The number of carbonyl (C=O) groups is 1. The second-order valence-corrected chi connectivity index (χ2v) is 10.9. The average molecular weight is 472 g/mol. The Balaban J connectivity index is 1.30. The molecule has 0 radical (unpaired) electrons. The molecule has 0 spiro atoms. The van der Waals surface area contributed by atoms with Gasteiger partial charge in [-0.25, -0.2) is 14.8 Å². The van der Waals surface area contributed by atoms with Crippen LogP contribution in [-0.4, -0.2) is 54.4 Å². The fraction of sp³-hybridized carbons (Fsp3) is 0.542. The highest BCUT2D eigenvalue weighted by molar-refractivity contribution is 7.99. The summed E-state index contributed by atoms with van der Waals surface area (Å²) in [6.45, 7) is 11.7. The molecule has 4 rings (SSSR count). The van der Waals surface area contributed by atoms with Crippen LogP contribution in [0, 0.1) is 5.41 Å². The van der Waals surface area contributed by atoms with Crippen molar-refractivity contribution >= 4 is 29.4 Å². The van der Waals surface area contributed by atoms with Gasteiger partial charge in [0.05, 0.1) is 23.0 Å². The Kier molecular flexibility index (Phi) is 6.88. The van der Waals surface area contributed by atoms with E-state index in [0.717, 1.165) is 59.7 Å². The summed E-state index contributed by atoms with van der Waals surface area (Å²) in [7, 11) is 0. The monoisotopic (exact) mass is 471 g/mol. The number of fused-ring (bicyclic) bond motifs is 1. The van der Waals surface area contributed by atoms with E-state index < -0.39 is 5.60 Å². The maximum Gasteiger partial charge on any atom is 0.407 e. The minimum atomic E-state index is -0.485. The summed E-state index contributed by atoms with van der Waals surface area (Å²) >= 11 is 1.56. The van der Waals surface area contributed by atoms with Crippen molar-refractivity contribution in [3.63, 3.8) is 0 Å². The van der Waals surface area contributed by atoms with E-state index in [9.17, 15) is 4.79 Å². The van der Waals surface area contributed by atoms with Crippen molar-refractivity contribution in [2.24, 2.45) is 5.41 Å². The lowest BCUT2D eigenvalue weighted by Crippen LogP contribution is -2.45. The summed E-state index contributed by atoms with van der Waals surface area (Å²) in [6.07, 6.45) is 5.24. The van der Waals surface area contributed by atoms with E-state index in [1.807, 2.05) is 51.4 Å². The predicted molar refractivity (Wildman–Crippen MR) is 130 cm³/mol. The van der Waals surface area contributed by atoms with Gasteiger partial charge in [0.1, 0.15) is 23.1 Å². The number of carbonyl (C=O) groups excluding carboxylic acids is 1. The molecule has 0 bridgehead atoms. The number of anilines is 2. The van der Waals surface area contributed by atoms with E-state index in [1.54, 1.807) is 11.8 Å². The molecule has 2 N–H and O–H groups in total. The van der Waals surface area contributed by atoms with Gasteiger partial charge in [-0.3, -0.25) is 0 Å². The number of alkyl carbamates (subject to hydrolysis) is 1. The molecule has 2 aliphatic rings. The normalized spacial score (nSPS) is 17.4. The van der Waals surface area contributed by atoms with Crippen molar-refractivity contribution in [1.82, 2.24) is 15.3 Å². The first-order chi connectivity index (χ1) is 15.7. The third-order valence-corrected chi connectivity index (χ3v) is 6.79. The third kappa shape index (κ3) is 6.22. The number of para-hydroxylation sites is 1. The zero-order valence-corrected chi connectivity index (χ0v) is 20.6. The predicted octanol–water partition coefficient (Wildman–Crippen LogP) is 4.56. The summed E-state index contributed by atoms with van der Waals surface area (Å²) in [6, 6.07) is 6.09. The maximum absolute atomic E-state index is 12.0. The van der Waals surface area contributed by atoms with Crippen LogP contribution in [0.25, 0.3) is 0 Å². The lowest BCUT2D eigenvalue weighted by Gasteiger charge is -2.40. The van der Waals surface area contributed by atoms with Crippen molar-refractivity contribution in [1.29, 1.82) is 0 Å². The highest BCUT2D eigenvalue weighted by Crippen LogP contribution is 2.40. The van der Waals surface area contributed by atoms with E-state index in [0.29, 0.717) is 13.2 Å². The lowest BCUT2D eigenvalue weighted by molar-refractivity contribution is 0.0495. The highest BCUT2D eigenvalue weighted by atomic mass is 32.2. The molecule has 9 heteroatoms. The molecular weight excluding hydrogens is 438 g/mol. The summed E-state index contributed by atoms with van der Waals surface area (Å²) in [4.78, 5) is 24.6. The molecule has 3 heterocycles. The van der Waals surface area contributed by atoms with Crippen LogP contribution < -0.4 is 20.3 Å². The topological polar surface area (TPSA) is 88.6 Å². The van der Waals surface area contributed by atoms with Gasteiger partial charge >= 0.3 is 6.09 Å². The van der Waals surface area contributed by atoms with Crippen LogP contribution in [-0.2, 0) is 4.74 Å².